The predicted octanol–water partition coefficient (Wildman–Crippen LogP) is 1.67. The van der Waals surface area contributed by atoms with Crippen LogP contribution in [0, 0.1) is 5.82 Å². The van der Waals surface area contributed by atoms with Crippen LogP contribution in [0.5, 0.6) is 5.75 Å². The summed E-state index contributed by atoms with van der Waals surface area (Å²) in [6, 6.07) is 2.86. The number of methoxy groups -OCH3 is 1. The minimum atomic E-state index is -0.948. The first-order chi connectivity index (χ1) is 6.65. The second kappa shape index (κ2) is 2.94. The van der Waals surface area contributed by atoms with E-state index in [0.29, 0.717) is 5.56 Å². The normalized spacial score (nSPS) is 14.5. The van der Waals surface area contributed by atoms with E-state index in [9.17, 15) is 13.7 Å². The van der Waals surface area contributed by atoms with E-state index in [2.05, 4.69) is 4.74 Å². The van der Waals surface area contributed by atoms with Gasteiger partial charge in [0.2, 0.25) is 0 Å². The van der Waals surface area contributed by atoms with Crippen LogP contribution in [0.25, 0.3) is 0 Å². The number of hydrogen-bond donors (Lipinski definition) is 0. The fourth-order valence-electron chi connectivity index (χ4n) is 1.46. The standard InChI is InChI=1S/C9H7F2NO2/c1-14-6-3-2-5-4-12(11)9(13)7(5)8(6)10/h2-3H,4H2,1H3. The van der Waals surface area contributed by atoms with E-state index >= 15 is 0 Å². The summed E-state index contributed by atoms with van der Waals surface area (Å²) in [7, 11) is 1.29. The lowest BCUT2D eigenvalue weighted by atomic mass is 10.1. The molecular weight excluding hydrogens is 192 g/mol. The zero-order valence-corrected chi connectivity index (χ0v) is 7.38. The van der Waals surface area contributed by atoms with Crippen molar-refractivity contribution in [2.24, 2.45) is 0 Å². The van der Waals surface area contributed by atoms with E-state index in [0.717, 1.165) is 0 Å². The van der Waals surface area contributed by atoms with Gasteiger partial charge in [0.1, 0.15) is 0 Å². The van der Waals surface area contributed by atoms with Crippen molar-refractivity contribution in [3.63, 3.8) is 0 Å². The third-order valence-electron chi connectivity index (χ3n) is 2.16. The molecular formula is C9H7F2NO2. The zero-order valence-electron chi connectivity index (χ0n) is 7.38. The second-order valence-corrected chi connectivity index (χ2v) is 2.94. The summed E-state index contributed by atoms with van der Waals surface area (Å²) in [6.07, 6.45) is 0. The van der Waals surface area contributed by atoms with Crippen LogP contribution in [-0.2, 0) is 6.54 Å². The van der Waals surface area contributed by atoms with Crippen LogP contribution in [0.3, 0.4) is 0 Å². The van der Waals surface area contributed by atoms with Crippen LogP contribution >= 0.6 is 0 Å². The van der Waals surface area contributed by atoms with E-state index in [1.54, 1.807) is 0 Å². The first-order valence-corrected chi connectivity index (χ1v) is 3.98. The van der Waals surface area contributed by atoms with Crippen LogP contribution in [0.1, 0.15) is 15.9 Å². The molecule has 0 fully saturated rings. The summed E-state index contributed by atoms with van der Waals surface area (Å²) < 4.78 is 30.9. The van der Waals surface area contributed by atoms with Gasteiger partial charge in [-0.15, -0.1) is 0 Å². The second-order valence-electron chi connectivity index (χ2n) is 2.94. The summed E-state index contributed by atoms with van der Waals surface area (Å²) >= 11 is 0. The highest BCUT2D eigenvalue weighted by atomic mass is 19.2. The highest BCUT2D eigenvalue weighted by Crippen LogP contribution is 2.30. The summed E-state index contributed by atoms with van der Waals surface area (Å²) in [4.78, 5) is 11.1. The van der Waals surface area contributed by atoms with Gasteiger partial charge in [-0.1, -0.05) is 10.5 Å². The molecule has 1 aromatic rings. The predicted molar refractivity (Wildman–Crippen MR) is 43.9 cm³/mol. The van der Waals surface area contributed by atoms with Gasteiger partial charge in [0.05, 0.1) is 19.2 Å². The molecule has 1 aliphatic rings. The third kappa shape index (κ3) is 1.05. The quantitative estimate of drug-likeness (QED) is 0.644. The highest BCUT2D eigenvalue weighted by molar-refractivity contribution is 5.98. The summed E-state index contributed by atoms with van der Waals surface area (Å²) in [5.74, 6) is -1.79. The number of hydrogen-bond acceptors (Lipinski definition) is 2. The van der Waals surface area contributed by atoms with Crippen LogP contribution in [0.15, 0.2) is 12.1 Å². The Morgan fingerprint density at radius 1 is 1.50 bits per heavy atom. The van der Waals surface area contributed by atoms with E-state index in [1.165, 1.54) is 19.2 Å². The van der Waals surface area contributed by atoms with Crippen LogP contribution in [0.4, 0.5) is 8.87 Å². The molecule has 1 aliphatic heterocycles. The summed E-state index contributed by atoms with van der Waals surface area (Å²) in [5, 5.41) is -0.0206. The van der Waals surface area contributed by atoms with Crippen molar-refractivity contribution >= 4 is 5.91 Å². The molecule has 0 spiro atoms. The number of halogens is 2. The molecule has 0 saturated carbocycles. The molecule has 0 unspecified atom stereocenters. The lowest BCUT2D eigenvalue weighted by molar-refractivity contribution is 0.0217. The van der Waals surface area contributed by atoms with E-state index < -0.39 is 11.7 Å². The maximum absolute atomic E-state index is 13.5. The maximum Gasteiger partial charge on any atom is 0.285 e. The monoisotopic (exact) mass is 199 g/mol. The van der Waals surface area contributed by atoms with Gasteiger partial charge in [0.25, 0.3) is 5.91 Å². The molecule has 3 nitrogen and oxygen atoms in total. The topological polar surface area (TPSA) is 29.5 Å². The molecule has 0 aromatic heterocycles. The average Bonchev–Trinajstić information content (AvgIpc) is 2.44. The van der Waals surface area contributed by atoms with Crippen LogP contribution < -0.4 is 4.74 Å². The SMILES string of the molecule is COc1ccc2c(c1F)C(=O)N(F)C2. The summed E-state index contributed by atoms with van der Waals surface area (Å²) in [5.41, 5.74) is 0.114. The van der Waals surface area contributed by atoms with Gasteiger partial charge in [0, 0.05) is 0 Å². The number of amides is 1. The first kappa shape index (κ1) is 8.93. The Balaban J connectivity index is 2.60. The van der Waals surface area contributed by atoms with Crippen molar-refractivity contribution in [3.05, 3.63) is 29.1 Å². The molecule has 74 valence electrons. The van der Waals surface area contributed by atoms with Crippen molar-refractivity contribution in [2.75, 3.05) is 7.11 Å². The minimum absolute atomic E-state index is 0.0206. The molecule has 2 rings (SSSR count). The van der Waals surface area contributed by atoms with Gasteiger partial charge >= 0.3 is 0 Å². The number of benzene rings is 1. The average molecular weight is 199 g/mol. The molecule has 1 amide bonds. The van der Waals surface area contributed by atoms with Gasteiger partial charge in [-0.25, -0.2) is 4.39 Å². The first-order valence-electron chi connectivity index (χ1n) is 3.98. The number of carbonyl (C=O) groups is 1. The van der Waals surface area contributed by atoms with Crippen molar-refractivity contribution in [1.29, 1.82) is 0 Å². The minimum Gasteiger partial charge on any atom is -0.494 e. The molecule has 5 heteroatoms. The fourth-order valence-corrected chi connectivity index (χ4v) is 1.46. The zero-order chi connectivity index (χ0) is 10.3. The number of fused-ring (bicyclic) bond motifs is 1. The van der Waals surface area contributed by atoms with Crippen molar-refractivity contribution < 1.29 is 18.4 Å². The Labute approximate surface area is 78.8 Å². The lowest BCUT2D eigenvalue weighted by Crippen LogP contribution is -2.13. The molecule has 0 bridgehead atoms. The number of ether oxygens (including phenoxy) is 1. The highest BCUT2D eigenvalue weighted by Gasteiger charge is 2.32. The molecule has 0 aliphatic carbocycles. The lowest BCUT2D eigenvalue weighted by Gasteiger charge is -2.03. The molecule has 0 N–H and O–H groups in total. The number of carbonyl (C=O) groups excluding carboxylic acids is 1. The van der Waals surface area contributed by atoms with Crippen molar-refractivity contribution in [3.8, 4) is 5.75 Å². The molecule has 0 atom stereocenters. The van der Waals surface area contributed by atoms with Crippen LogP contribution in [0.2, 0.25) is 0 Å². The van der Waals surface area contributed by atoms with Crippen LogP contribution in [-0.4, -0.2) is 18.1 Å². The van der Waals surface area contributed by atoms with Crippen molar-refractivity contribution in [1.82, 2.24) is 5.12 Å². The molecule has 1 aromatic carbocycles. The molecule has 0 radical (unpaired) electrons. The number of rotatable bonds is 1. The smallest absolute Gasteiger partial charge is 0.285 e. The van der Waals surface area contributed by atoms with Crippen molar-refractivity contribution in [2.45, 2.75) is 6.54 Å². The Morgan fingerprint density at radius 2 is 2.21 bits per heavy atom. The van der Waals surface area contributed by atoms with E-state index in [1.807, 2.05) is 0 Å². The van der Waals surface area contributed by atoms with Gasteiger partial charge in [-0.2, -0.15) is 5.12 Å². The number of nitrogens with zero attached hydrogens (tertiary/aromatic N) is 1. The molecule has 0 saturated heterocycles. The summed E-state index contributed by atoms with van der Waals surface area (Å²) in [6.45, 7) is -0.199. The van der Waals surface area contributed by atoms with Gasteiger partial charge < -0.3 is 4.74 Å². The van der Waals surface area contributed by atoms with Gasteiger partial charge in [-0.05, 0) is 11.6 Å². The fraction of sp³-hybridized carbons (Fsp3) is 0.222. The van der Waals surface area contributed by atoms with Gasteiger partial charge in [-0.3, -0.25) is 4.79 Å². The third-order valence-corrected chi connectivity index (χ3v) is 2.16. The molecule has 14 heavy (non-hydrogen) atoms. The molecule has 1 heterocycles. The largest absolute Gasteiger partial charge is 0.494 e. The van der Waals surface area contributed by atoms with E-state index in [-0.39, 0.29) is 23.0 Å². The Bertz CT molecular complexity index is 406. The van der Waals surface area contributed by atoms with E-state index in [4.69, 9.17) is 0 Å². The van der Waals surface area contributed by atoms with Gasteiger partial charge in [0.15, 0.2) is 11.6 Å². The maximum atomic E-state index is 13.5. The Hall–Kier alpha value is -1.65. The Morgan fingerprint density at radius 3 is 2.86 bits per heavy atom. The Kier molecular flexibility index (Phi) is 1.87.